The molecule has 6 nitrogen and oxygen atoms in total. The number of fused-ring (bicyclic) bond motifs is 2. The van der Waals surface area contributed by atoms with Gasteiger partial charge in [0.05, 0.1) is 17.0 Å². The molecule has 1 aliphatic heterocycles. The van der Waals surface area contributed by atoms with Gasteiger partial charge in [0.1, 0.15) is 10.6 Å². The zero-order valence-electron chi connectivity index (χ0n) is 16.9. The van der Waals surface area contributed by atoms with Crippen molar-refractivity contribution in [2.45, 2.75) is 32.7 Å². The van der Waals surface area contributed by atoms with E-state index < -0.39 is 6.04 Å². The monoisotopic (exact) mass is 495 g/mol. The van der Waals surface area contributed by atoms with Gasteiger partial charge in [-0.3, -0.25) is 14.5 Å². The molecule has 0 N–H and O–H groups in total. The largest absolute Gasteiger partial charge is 0.450 e. The zero-order valence-corrected chi connectivity index (χ0v) is 19.3. The molecule has 0 spiro atoms. The number of amides is 1. The van der Waals surface area contributed by atoms with E-state index in [1.54, 1.807) is 6.07 Å². The summed E-state index contributed by atoms with van der Waals surface area (Å²) in [4.78, 5) is 28.7. The number of anilines is 1. The number of rotatable bonds is 4. The van der Waals surface area contributed by atoms with E-state index in [1.807, 2.05) is 50.2 Å². The van der Waals surface area contributed by atoms with E-state index in [0.717, 1.165) is 33.4 Å². The Morgan fingerprint density at radius 2 is 1.94 bits per heavy atom. The van der Waals surface area contributed by atoms with Crippen LogP contribution in [0.15, 0.2) is 56.1 Å². The van der Waals surface area contributed by atoms with Gasteiger partial charge in [0.25, 0.3) is 5.91 Å². The van der Waals surface area contributed by atoms with Gasteiger partial charge in [0.15, 0.2) is 5.43 Å². The normalized spacial score (nSPS) is 15.6. The molecular formula is C23H18BrN3O3S. The van der Waals surface area contributed by atoms with Crippen molar-refractivity contribution in [3.05, 3.63) is 84.6 Å². The summed E-state index contributed by atoms with van der Waals surface area (Å²) in [5.41, 5.74) is 2.41. The second kappa shape index (κ2) is 7.69. The molecule has 0 aliphatic carbocycles. The SMILES string of the molecule is CCc1ccc2oc3c(c(=O)c2c1)C(c1cccc(Br)c1)N(c1nnc(CC)s1)C3=O. The van der Waals surface area contributed by atoms with E-state index in [-0.39, 0.29) is 17.1 Å². The van der Waals surface area contributed by atoms with Crippen LogP contribution >= 0.6 is 27.3 Å². The van der Waals surface area contributed by atoms with Crippen LogP contribution in [-0.2, 0) is 12.8 Å². The highest BCUT2D eigenvalue weighted by molar-refractivity contribution is 9.10. The Labute approximate surface area is 190 Å². The fourth-order valence-electron chi connectivity index (χ4n) is 3.91. The first-order chi connectivity index (χ1) is 15.0. The lowest BCUT2D eigenvalue weighted by Crippen LogP contribution is -2.29. The minimum atomic E-state index is -0.636. The topological polar surface area (TPSA) is 76.3 Å². The number of benzene rings is 2. The maximum Gasteiger partial charge on any atom is 0.297 e. The Kier molecular flexibility index (Phi) is 4.98. The Bertz CT molecular complexity index is 1390. The third-order valence-electron chi connectivity index (χ3n) is 5.47. The Hall–Kier alpha value is -2.84. The van der Waals surface area contributed by atoms with Gasteiger partial charge in [-0.25, -0.2) is 0 Å². The number of hydrogen-bond acceptors (Lipinski definition) is 6. The molecule has 0 saturated heterocycles. The van der Waals surface area contributed by atoms with Crippen molar-refractivity contribution in [1.82, 2.24) is 10.2 Å². The van der Waals surface area contributed by atoms with E-state index in [0.29, 0.717) is 21.7 Å². The van der Waals surface area contributed by atoms with Gasteiger partial charge < -0.3 is 4.42 Å². The fraction of sp³-hybridized carbons (Fsp3) is 0.217. The van der Waals surface area contributed by atoms with Crippen LogP contribution in [0.2, 0.25) is 0 Å². The second-order valence-corrected chi connectivity index (χ2v) is 9.28. The quantitative estimate of drug-likeness (QED) is 0.384. The van der Waals surface area contributed by atoms with Gasteiger partial charge in [-0.05, 0) is 48.2 Å². The lowest BCUT2D eigenvalue weighted by atomic mass is 9.98. The van der Waals surface area contributed by atoms with Gasteiger partial charge >= 0.3 is 0 Å². The van der Waals surface area contributed by atoms with E-state index in [9.17, 15) is 9.59 Å². The molecule has 1 amide bonds. The first-order valence-electron chi connectivity index (χ1n) is 10.0. The number of carbonyl (C=O) groups excluding carboxylic acids is 1. The molecule has 8 heteroatoms. The first-order valence-corrected chi connectivity index (χ1v) is 11.6. The highest BCUT2D eigenvalue weighted by Crippen LogP contribution is 2.42. The minimum Gasteiger partial charge on any atom is -0.450 e. The van der Waals surface area contributed by atoms with Crippen molar-refractivity contribution in [2.75, 3.05) is 4.90 Å². The lowest BCUT2D eigenvalue weighted by molar-refractivity contribution is 0.0970. The van der Waals surface area contributed by atoms with E-state index in [2.05, 4.69) is 26.1 Å². The van der Waals surface area contributed by atoms with Crippen molar-refractivity contribution in [3.8, 4) is 0 Å². The summed E-state index contributed by atoms with van der Waals surface area (Å²) in [6, 6.07) is 12.5. The number of aromatic nitrogens is 2. The highest BCUT2D eigenvalue weighted by Gasteiger charge is 2.45. The van der Waals surface area contributed by atoms with Gasteiger partial charge in [0.2, 0.25) is 10.9 Å². The van der Waals surface area contributed by atoms with Crippen LogP contribution in [0, 0.1) is 0 Å². The molecule has 31 heavy (non-hydrogen) atoms. The summed E-state index contributed by atoms with van der Waals surface area (Å²) in [5, 5.41) is 10.2. The maximum atomic E-state index is 13.7. The smallest absolute Gasteiger partial charge is 0.297 e. The van der Waals surface area contributed by atoms with Crippen LogP contribution in [0.25, 0.3) is 11.0 Å². The van der Waals surface area contributed by atoms with Crippen molar-refractivity contribution >= 4 is 49.3 Å². The maximum absolute atomic E-state index is 13.7. The van der Waals surface area contributed by atoms with Crippen molar-refractivity contribution < 1.29 is 9.21 Å². The fourth-order valence-corrected chi connectivity index (χ4v) is 5.14. The third-order valence-corrected chi connectivity index (χ3v) is 7.03. The molecular weight excluding hydrogens is 478 g/mol. The molecule has 156 valence electrons. The summed E-state index contributed by atoms with van der Waals surface area (Å²) in [7, 11) is 0. The van der Waals surface area contributed by atoms with E-state index >= 15 is 0 Å². The summed E-state index contributed by atoms with van der Waals surface area (Å²) in [5.74, 6) is -0.308. The van der Waals surface area contributed by atoms with Crippen LogP contribution < -0.4 is 10.3 Å². The van der Waals surface area contributed by atoms with Crippen molar-refractivity contribution in [1.29, 1.82) is 0 Å². The summed E-state index contributed by atoms with van der Waals surface area (Å²) < 4.78 is 6.87. The van der Waals surface area contributed by atoms with Crippen LogP contribution in [0.5, 0.6) is 0 Å². The highest BCUT2D eigenvalue weighted by atomic mass is 79.9. The van der Waals surface area contributed by atoms with Crippen molar-refractivity contribution in [3.63, 3.8) is 0 Å². The standard InChI is InChI=1S/C23H18BrN3O3S/c1-3-12-8-9-16-15(10-12)20(28)18-19(13-6-5-7-14(24)11-13)27(22(29)21(18)30-16)23-26-25-17(4-2)31-23/h5-11,19H,3-4H2,1-2H3. The molecule has 0 fully saturated rings. The van der Waals surface area contributed by atoms with E-state index in [1.165, 1.54) is 16.2 Å². The van der Waals surface area contributed by atoms with Crippen molar-refractivity contribution in [2.24, 2.45) is 0 Å². The van der Waals surface area contributed by atoms with E-state index in [4.69, 9.17) is 4.42 Å². The van der Waals surface area contributed by atoms with Gasteiger partial charge in [-0.1, -0.05) is 59.3 Å². The molecule has 1 atom stereocenters. The first kappa shape index (κ1) is 20.1. The van der Waals surface area contributed by atoms with Gasteiger partial charge in [0, 0.05) is 4.47 Å². The molecule has 4 aromatic rings. The average molecular weight is 496 g/mol. The molecule has 1 aliphatic rings. The molecule has 1 unspecified atom stereocenters. The Morgan fingerprint density at radius 3 is 2.65 bits per heavy atom. The zero-order chi connectivity index (χ0) is 21.7. The second-order valence-electron chi connectivity index (χ2n) is 7.32. The van der Waals surface area contributed by atoms with Crippen LogP contribution in [0.1, 0.15) is 52.1 Å². The van der Waals surface area contributed by atoms with Crippen LogP contribution in [0.3, 0.4) is 0 Å². The number of halogens is 1. The number of hydrogen-bond donors (Lipinski definition) is 0. The molecule has 0 radical (unpaired) electrons. The number of aryl methyl sites for hydroxylation is 2. The lowest BCUT2D eigenvalue weighted by Gasteiger charge is -2.22. The predicted molar refractivity (Wildman–Crippen MR) is 124 cm³/mol. The number of carbonyl (C=O) groups is 1. The minimum absolute atomic E-state index is 0.0694. The predicted octanol–water partition coefficient (Wildman–Crippen LogP) is 5.28. The summed E-state index contributed by atoms with van der Waals surface area (Å²) in [6.07, 6.45) is 1.52. The molecule has 2 aromatic carbocycles. The molecule has 5 rings (SSSR count). The number of nitrogens with zero attached hydrogens (tertiary/aromatic N) is 3. The Morgan fingerprint density at radius 1 is 1.10 bits per heavy atom. The molecule has 0 bridgehead atoms. The summed E-state index contributed by atoms with van der Waals surface area (Å²) in [6.45, 7) is 4.02. The van der Waals surface area contributed by atoms with Crippen LogP contribution in [0.4, 0.5) is 5.13 Å². The third kappa shape index (κ3) is 3.21. The van der Waals surface area contributed by atoms with Gasteiger partial charge in [-0.2, -0.15) is 0 Å². The molecule has 2 aromatic heterocycles. The Balaban J connectivity index is 1.80. The average Bonchev–Trinajstić information content (AvgIpc) is 3.36. The molecule has 0 saturated carbocycles. The molecule has 3 heterocycles. The van der Waals surface area contributed by atoms with Crippen LogP contribution in [-0.4, -0.2) is 16.1 Å². The van der Waals surface area contributed by atoms with Gasteiger partial charge in [-0.15, -0.1) is 10.2 Å². The summed E-state index contributed by atoms with van der Waals surface area (Å²) >= 11 is 4.85.